The highest BCUT2D eigenvalue weighted by atomic mass is 32.1. The molecule has 5 nitrogen and oxygen atoms in total. The molecule has 0 fully saturated rings. The second kappa shape index (κ2) is 8.53. The fourth-order valence-electron chi connectivity index (χ4n) is 3.64. The molecular weight excluding hydrogens is 418 g/mol. The van der Waals surface area contributed by atoms with E-state index < -0.39 is 5.97 Å². The van der Waals surface area contributed by atoms with Crippen LogP contribution in [0.25, 0.3) is 10.4 Å². The van der Waals surface area contributed by atoms with Crippen molar-refractivity contribution in [3.63, 3.8) is 0 Å². The van der Waals surface area contributed by atoms with Gasteiger partial charge in [-0.3, -0.25) is 9.79 Å². The van der Waals surface area contributed by atoms with E-state index >= 15 is 0 Å². The highest BCUT2D eigenvalue weighted by molar-refractivity contribution is 7.16. The van der Waals surface area contributed by atoms with Crippen LogP contribution in [-0.4, -0.2) is 34.2 Å². The summed E-state index contributed by atoms with van der Waals surface area (Å²) >= 11 is 2.41. The molecule has 0 spiro atoms. The number of thiophene rings is 2. The van der Waals surface area contributed by atoms with Crippen LogP contribution >= 0.6 is 22.7 Å². The molecule has 2 N–H and O–H groups in total. The Morgan fingerprint density at radius 2 is 1.80 bits per heavy atom. The van der Waals surface area contributed by atoms with Crippen LogP contribution in [0.4, 0.5) is 0 Å². The summed E-state index contributed by atoms with van der Waals surface area (Å²) < 4.78 is 0. The number of Topliss-reactive ketones (excluding diaryl/α,β-unsaturated/α-hetero) is 1. The van der Waals surface area contributed by atoms with Gasteiger partial charge in [0.1, 0.15) is 17.2 Å². The first kappa shape index (κ1) is 20.5. The number of aryl methyl sites for hydroxylation is 2. The predicted octanol–water partition coefficient (Wildman–Crippen LogP) is 5.45. The van der Waals surface area contributed by atoms with Gasteiger partial charge in [0, 0.05) is 16.7 Å². The fraction of sp³-hybridized carbons (Fsp3) is 0.261. The SMILES string of the molecule is CC(=NCC(=O)c1ccc(C(=O)O)s1)c1csc(-c2ccc3c(c2)CCCC3)c1O. The number of carboxylic acids is 1. The molecule has 0 aliphatic heterocycles. The topological polar surface area (TPSA) is 87.0 Å². The van der Waals surface area contributed by atoms with Crippen LogP contribution < -0.4 is 0 Å². The molecule has 0 atom stereocenters. The number of hydrogen-bond acceptors (Lipinski definition) is 6. The third-order valence-electron chi connectivity index (χ3n) is 5.32. The second-order valence-electron chi connectivity index (χ2n) is 7.31. The van der Waals surface area contributed by atoms with Crippen molar-refractivity contribution in [3.05, 3.63) is 62.2 Å². The Balaban J connectivity index is 1.52. The van der Waals surface area contributed by atoms with E-state index in [0.717, 1.165) is 34.6 Å². The van der Waals surface area contributed by atoms with Gasteiger partial charge in [0.2, 0.25) is 0 Å². The number of carboxylic acid groups (broad SMARTS) is 1. The zero-order chi connectivity index (χ0) is 21.3. The van der Waals surface area contributed by atoms with Crippen LogP contribution in [0.5, 0.6) is 5.75 Å². The first-order valence-corrected chi connectivity index (χ1v) is 11.4. The molecule has 0 radical (unpaired) electrons. The molecule has 2 aromatic heterocycles. The first-order chi connectivity index (χ1) is 14.4. The van der Waals surface area contributed by atoms with Crippen LogP contribution in [0.3, 0.4) is 0 Å². The standard InChI is InChI=1S/C23H21NO4S2/c1-13(24-11-18(25)19-8-9-20(30-19)23(27)28)17-12-29-22(21(17)26)16-7-6-14-4-2-3-5-15(14)10-16/h6-10,12,26H,2-5,11H2,1H3,(H,27,28). The van der Waals surface area contributed by atoms with Gasteiger partial charge in [-0.1, -0.05) is 12.1 Å². The summed E-state index contributed by atoms with van der Waals surface area (Å²) in [5.41, 5.74) is 4.97. The van der Waals surface area contributed by atoms with Crippen molar-refractivity contribution in [1.82, 2.24) is 0 Å². The molecule has 1 aromatic carbocycles. The molecule has 1 aliphatic rings. The molecule has 0 saturated carbocycles. The number of aromatic carboxylic acids is 1. The number of hydrogen-bond donors (Lipinski definition) is 2. The Labute approximate surface area is 182 Å². The van der Waals surface area contributed by atoms with Gasteiger partial charge >= 0.3 is 5.97 Å². The van der Waals surface area contributed by atoms with Crippen molar-refractivity contribution < 1.29 is 19.8 Å². The lowest BCUT2D eigenvalue weighted by atomic mass is 9.90. The maximum Gasteiger partial charge on any atom is 0.345 e. The Morgan fingerprint density at radius 1 is 1.07 bits per heavy atom. The van der Waals surface area contributed by atoms with Crippen molar-refractivity contribution in [2.75, 3.05) is 6.54 Å². The number of carbonyl (C=O) groups excluding carboxylic acids is 1. The zero-order valence-corrected chi connectivity index (χ0v) is 18.1. The summed E-state index contributed by atoms with van der Waals surface area (Å²) in [6.45, 7) is 1.68. The molecular formula is C23H21NO4S2. The summed E-state index contributed by atoms with van der Waals surface area (Å²) in [7, 11) is 0. The molecule has 0 amide bonds. The van der Waals surface area contributed by atoms with E-state index in [1.807, 2.05) is 5.38 Å². The largest absolute Gasteiger partial charge is 0.506 e. The Kier molecular flexibility index (Phi) is 5.83. The summed E-state index contributed by atoms with van der Waals surface area (Å²) in [5.74, 6) is -1.10. The van der Waals surface area contributed by atoms with E-state index in [4.69, 9.17) is 5.11 Å². The molecule has 2 heterocycles. The summed E-state index contributed by atoms with van der Waals surface area (Å²) in [6, 6.07) is 9.33. The van der Waals surface area contributed by atoms with Gasteiger partial charge in [0.05, 0.1) is 9.75 Å². The zero-order valence-electron chi connectivity index (χ0n) is 16.5. The van der Waals surface area contributed by atoms with Gasteiger partial charge < -0.3 is 10.2 Å². The van der Waals surface area contributed by atoms with Crippen molar-refractivity contribution in [1.29, 1.82) is 0 Å². The molecule has 0 saturated heterocycles. The monoisotopic (exact) mass is 439 g/mol. The Morgan fingerprint density at radius 3 is 2.53 bits per heavy atom. The minimum absolute atomic E-state index is 0.0884. The number of carbonyl (C=O) groups is 2. The number of benzene rings is 1. The van der Waals surface area contributed by atoms with Crippen LogP contribution in [0, 0.1) is 0 Å². The quantitative estimate of drug-likeness (QED) is 0.395. The average Bonchev–Trinajstić information content (AvgIpc) is 3.39. The summed E-state index contributed by atoms with van der Waals surface area (Å²) in [6.07, 6.45) is 4.64. The van der Waals surface area contributed by atoms with Crippen molar-refractivity contribution in [2.45, 2.75) is 32.6 Å². The Bertz CT molecular complexity index is 1160. The Hall–Kier alpha value is -2.77. The smallest absolute Gasteiger partial charge is 0.345 e. The minimum Gasteiger partial charge on any atom is -0.506 e. The molecule has 0 unspecified atom stereocenters. The average molecular weight is 440 g/mol. The van der Waals surface area contributed by atoms with Gasteiger partial charge in [-0.05, 0) is 67.5 Å². The fourth-order valence-corrected chi connectivity index (χ4v) is 5.42. The number of fused-ring (bicyclic) bond motifs is 1. The minimum atomic E-state index is -1.04. The van der Waals surface area contributed by atoms with Gasteiger partial charge in [-0.25, -0.2) is 4.79 Å². The molecule has 154 valence electrons. The van der Waals surface area contributed by atoms with Gasteiger partial charge in [0.15, 0.2) is 5.78 Å². The van der Waals surface area contributed by atoms with E-state index in [-0.39, 0.29) is 23.0 Å². The van der Waals surface area contributed by atoms with E-state index in [1.165, 1.54) is 47.4 Å². The van der Waals surface area contributed by atoms with Crippen LogP contribution in [0.1, 0.15) is 55.8 Å². The van der Waals surface area contributed by atoms with E-state index in [2.05, 4.69) is 23.2 Å². The van der Waals surface area contributed by atoms with Gasteiger partial charge in [-0.2, -0.15) is 0 Å². The lowest BCUT2D eigenvalue weighted by Gasteiger charge is -2.16. The highest BCUT2D eigenvalue weighted by Gasteiger charge is 2.18. The van der Waals surface area contributed by atoms with Crippen LogP contribution in [0.2, 0.25) is 0 Å². The second-order valence-corrected chi connectivity index (χ2v) is 9.27. The lowest BCUT2D eigenvalue weighted by molar-refractivity contribution is 0.0702. The van der Waals surface area contributed by atoms with Gasteiger partial charge in [-0.15, -0.1) is 22.7 Å². The molecule has 4 rings (SSSR count). The van der Waals surface area contributed by atoms with E-state index in [9.17, 15) is 14.7 Å². The lowest BCUT2D eigenvalue weighted by Crippen LogP contribution is -2.04. The highest BCUT2D eigenvalue weighted by Crippen LogP contribution is 2.40. The number of aliphatic imine (C=N–C) groups is 1. The summed E-state index contributed by atoms with van der Waals surface area (Å²) in [4.78, 5) is 28.9. The number of aromatic hydroxyl groups is 1. The third kappa shape index (κ3) is 4.08. The van der Waals surface area contributed by atoms with Crippen LogP contribution in [-0.2, 0) is 12.8 Å². The maximum absolute atomic E-state index is 12.3. The third-order valence-corrected chi connectivity index (χ3v) is 7.45. The maximum atomic E-state index is 12.3. The van der Waals surface area contributed by atoms with Crippen LogP contribution in [0.15, 0.2) is 40.7 Å². The van der Waals surface area contributed by atoms with Crippen molar-refractivity contribution in [3.8, 4) is 16.2 Å². The molecule has 3 aromatic rings. The van der Waals surface area contributed by atoms with Gasteiger partial charge in [0.25, 0.3) is 0 Å². The number of ketones is 1. The normalized spacial score (nSPS) is 13.8. The molecule has 0 bridgehead atoms. The number of nitrogens with zero attached hydrogens (tertiary/aromatic N) is 1. The summed E-state index contributed by atoms with van der Waals surface area (Å²) in [5, 5.41) is 21.6. The number of rotatable bonds is 6. The van der Waals surface area contributed by atoms with E-state index in [0.29, 0.717) is 16.2 Å². The van der Waals surface area contributed by atoms with Crippen molar-refractivity contribution in [2.24, 2.45) is 4.99 Å². The molecule has 7 heteroatoms. The van der Waals surface area contributed by atoms with Crippen molar-refractivity contribution >= 4 is 40.1 Å². The first-order valence-electron chi connectivity index (χ1n) is 9.74. The molecule has 30 heavy (non-hydrogen) atoms. The predicted molar refractivity (Wildman–Crippen MR) is 121 cm³/mol. The molecule has 1 aliphatic carbocycles. The van der Waals surface area contributed by atoms with E-state index in [1.54, 1.807) is 6.92 Å².